The van der Waals surface area contributed by atoms with E-state index in [0.29, 0.717) is 19.4 Å². The minimum atomic E-state index is -3.61. The number of nitrogens with one attached hydrogen (secondary N) is 1. The fourth-order valence-electron chi connectivity index (χ4n) is 3.68. The van der Waals surface area contributed by atoms with Crippen molar-refractivity contribution in [3.05, 3.63) is 65.7 Å². The van der Waals surface area contributed by atoms with E-state index in [4.69, 9.17) is 0 Å². The van der Waals surface area contributed by atoms with Crippen molar-refractivity contribution in [3.63, 3.8) is 0 Å². The molecule has 34 heavy (non-hydrogen) atoms. The molecule has 2 rings (SSSR count). The van der Waals surface area contributed by atoms with Gasteiger partial charge in [0.2, 0.25) is 21.8 Å². The molecule has 0 aliphatic heterocycles. The molecule has 2 amide bonds. The van der Waals surface area contributed by atoms with Gasteiger partial charge in [0, 0.05) is 32.6 Å². The van der Waals surface area contributed by atoms with E-state index in [0.717, 1.165) is 11.1 Å². The Balaban J connectivity index is 2.12. The maximum absolute atomic E-state index is 13.3. The Labute approximate surface area is 204 Å². The normalized spacial score (nSPS) is 12.6. The summed E-state index contributed by atoms with van der Waals surface area (Å²) in [5.41, 5.74) is 2.06. The Kier molecular flexibility index (Phi) is 10.3. The van der Waals surface area contributed by atoms with Gasteiger partial charge in [-0.25, -0.2) is 12.7 Å². The number of hydrogen-bond donors (Lipinski definition) is 1. The number of benzene rings is 2. The second-order valence-electron chi connectivity index (χ2n) is 8.84. The summed E-state index contributed by atoms with van der Waals surface area (Å²) in [4.78, 5) is 28.0. The van der Waals surface area contributed by atoms with E-state index in [2.05, 4.69) is 5.32 Å². The first-order valence-electron chi connectivity index (χ1n) is 11.7. The summed E-state index contributed by atoms with van der Waals surface area (Å²) in [5.74, 6) is -0.349. The zero-order chi connectivity index (χ0) is 25.3. The minimum absolute atomic E-state index is 0.0327. The van der Waals surface area contributed by atoms with Gasteiger partial charge in [0.25, 0.3) is 0 Å². The molecule has 0 heterocycles. The summed E-state index contributed by atoms with van der Waals surface area (Å²) < 4.78 is 26.7. The van der Waals surface area contributed by atoms with Gasteiger partial charge in [0.05, 0.1) is 4.90 Å². The predicted molar refractivity (Wildman–Crippen MR) is 135 cm³/mol. The maximum Gasteiger partial charge on any atom is 0.243 e. The van der Waals surface area contributed by atoms with Crippen LogP contribution in [-0.4, -0.2) is 55.1 Å². The second kappa shape index (κ2) is 12.7. The summed E-state index contributed by atoms with van der Waals surface area (Å²) in [7, 11) is -2.10. The Morgan fingerprint density at radius 3 is 2.18 bits per heavy atom. The molecule has 2 aromatic rings. The second-order valence-corrected chi connectivity index (χ2v) is 10.9. The van der Waals surface area contributed by atoms with Crippen molar-refractivity contribution >= 4 is 21.8 Å². The molecule has 186 valence electrons. The molecule has 0 spiro atoms. The number of carbonyl (C=O) groups excluding carboxylic acids is 2. The SMILES string of the molecule is CCC(C(=O)NC(C)C)N(Cc1ccc(C)cc1)C(=O)CCCN(C)S(=O)(=O)c1ccccc1. The lowest BCUT2D eigenvalue weighted by Crippen LogP contribution is -2.50. The van der Waals surface area contributed by atoms with Crippen LogP contribution in [0.5, 0.6) is 0 Å². The molecule has 0 aliphatic carbocycles. The van der Waals surface area contributed by atoms with Gasteiger partial charge >= 0.3 is 0 Å². The zero-order valence-corrected chi connectivity index (χ0v) is 21.6. The quantitative estimate of drug-likeness (QED) is 0.494. The monoisotopic (exact) mass is 487 g/mol. The van der Waals surface area contributed by atoms with Crippen molar-refractivity contribution in [2.75, 3.05) is 13.6 Å². The Hall–Kier alpha value is -2.71. The van der Waals surface area contributed by atoms with Crippen LogP contribution in [0.4, 0.5) is 0 Å². The van der Waals surface area contributed by atoms with Crippen LogP contribution in [0.3, 0.4) is 0 Å². The van der Waals surface area contributed by atoms with Crippen molar-refractivity contribution < 1.29 is 18.0 Å². The van der Waals surface area contributed by atoms with Crippen LogP contribution in [0, 0.1) is 6.92 Å². The summed E-state index contributed by atoms with van der Waals surface area (Å²) in [5, 5.41) is 2.92. The molecule has 8 heteroatoms. The van der Waals surface area contributed by atoms with E-state index in [1.807, 2.05) is 52.0 Å². The molecule has 0 saturated carbocycles. The number of carbonyl (C=O) groups is 2. The molecule has 1 atom stereocenters. The highest BCUT2D eigenvalue weighted by molar-refractivity contribution is 7.89. The summed E-state index contributed by atoms with van der Waals surface area (Å²) in [6, 6.07) is 15.5. The van der Waals surface area contributed by atoms with Gasteiger partial charge in [-0.2, -0.15) is 0 Å². The number of amides is 2. The highest BCUT2D eigenvalue weighted by Crippen LogP contribution is 2.17. The fraction of sp³-hybridized carbons (Fsp3) is 0.462. The van der Waals surface area contributed by atoms with Crippen LogP contribution in [0.1, 0.15) is 51.2 Å². The molecule has 0 saturated heterocycles. The molecule has 1 N–H and O–H groups in total. The van der Waals surface area contributed by atoms with Crippen LogP contribution >= 0.6 is 0 Å². The first-order valence-corrected chi connectivity index (χ1v) is 13.2. The van der Waals surface area contributed by atoms with Crippen LogP contribution in [-0.2, 0) is 26.2 Å². The first-order chi connectivity index (χ1) is 16.1. The Morgan fingerprint density at radius 2 is 1.62 bits per heavy atom. The van der Waals surface area contributed by atoms with Crippen molar-refractivity contribution in [1.82, 2.24) is 14.5 Å². The molecule has 0 radical (unpaired) electrons. The molecule has 2 aromatic carbocycles. The molecule has 0 fully saturated rings. The molecule has 0 bridgehead atoms. The largest absolute Gasteiger partial charge is 0.352 e. The van der Waals surface area contributed by atoms with Crippen molar-refractivity contribution in [3.8, 4) is 0 Å². The van der Waals surface area contributed by atoms with Gasteiger partial charge in [0.1, 0.15) is 6.04 Å². The van der Waals surface area contributed by atoms with Gasteiger partial charge in [0.15, 0.2) is 0 Å². The molecular weight excluding hydrogens is 450 g/mol. The number of nitrogens with zero attached hydrogens (tertiary/aromatic N) is 2. The van der Waals surface area contributed by atoms with Crippen LogP contribution < -0.4 is 5.32 Å². The first kappa shape index (κ1) is 27.5. The third-order valence-corrected chi connectivity index (χ3v) is 7.48. The lowest BCUT2D eigenvalue weighted by molar-refractivity contribution is -0.141. The fourth-order valence-corrected chi connectivity index (χ4v) is 4.91. The standard InChI is InChI=1S/C26H37N3O4S/c1-6-24(26(31)27-20(2)3)29(19-22-16-14-21(4)15-17-22)25(30)13-10-18-28(5)34(32,33)23-11-8-7-9-12-23/h7-9,11-12,14-17,20,24H,6,10,13,18-19H2,1-5H3,(H,27,31). The van der Waals surface area contributed by atoms with Crippen molar-refractivity contribution in [2.45, 2.75) is 70.5 Å². The average Bonchev–Trinajstić information content (AvgIpc) is 2.80. The highest BCUT2D eigenvalue weighted by atomic mass is 32.2. The number of hydrogen-bond acceptors (Lipinski definition) is 4. The van der Waals surface area contributed by atoms with E-state index < -0.39 is 16.1 Å². The minimum Gasteiger partial charge on any atom is -0.352 e. The summed E-state index contributed by atoms with van der Waals surface area (Å²) >= 11 is 0. The summed E-state index contributed by atoms with van der Waals surface area (Å²) in [6.45, 7) is 8.19. The Bertz CT molecular complexity index is 1040. The molecule has 0 aliphatic rings. The maximum atomic E-state index is 13.3. The molecular formula is C26H37N3O4S. The third-order valence-electron chi connectivity index (χ3n) is 5.61. The van der Waals surface area contributed by atoms with Crippen LogP contribution in [0.15, 0.2) is 59.5 Å². The predicted octanol–water partition coefficient (Wildman–Crippen LogP) is 3.73. The van der Waals surface area contributed by atoms with Gasteiger partial charge in [-0.3, -0.25) is 9.59 Å². The van der Waals surface area contributed by atoms with Gasteiger partial charge in [-0.1, -0.05) is 55.0 Å². The van der Waals surface area contributed by atoms with Crippen molar-refractivity contribution in [1.29, 1.82) is 0 Å². The van der Waals surface area contributed by atoms with Gasteiger partial charge < -0.3 is 10.2 Å². The van der Waals surface area contributed by atoms with E-state index in [1.54, 1.807) is 35.2 Å². The molecule has 1 unspecified atom stereocenters. The van der Waals surface area contributed by atoms with Gasteiger partial charge in [-0.15, -0.1) is 0 Å². The van der Waals surface area contributed by atoms with E-state index in [9.17, 15) is 18.0 Å². The topological polar surface area (TPSA) is 86.8 Å². The Morgan fingerprint density at radius 1 is 1.00 bits per heavy atom. The lowest BCUT2D eigenvalue weighted by atomic mass is 10.1. The van der Waals surface area contributed by atoms with E-state index in [-0.39, 0.29) is 35.7 Å². The summed E-state index contributed by atoms with van der Waals surface area (Å²) in [6.07, 6.45) is 0.985. The number of rotatable bonds is 12. The smallest absolute Gasteiger partial charge is 0.243 e. The number of aryl methyl sites for hydroxylation is 1. The molecule has 0 aromatic heterocycles. The van der Waals surface area contributed by atoms with Gasteiger partial charge in [-0.05, 0) is 51.3 Å². The molecule has 7 nitrogen and oxygen atoms in total. The van der Waals surface area contributed by atoms with E-state index >= 15 is 0 Å². The highest BCUT2D eigenvalue weighted by Gasteiger charge is 2.29. The number of sulfonamides is 1. The average molecular weight is 488 g/mol. The van der Waals surface area contributed by atoms with E-state index in [1.165, 1.54) is 11.4 Å². The third kappa shape index (κ3) is 7.67. The van der Waals surface area contributed by atoms with Crippen LogP contribution in [0.2, 0.25) is 0 Å². The zero-order valence-electron chi connectivity index (χ0n) is 20.8. The van der Waals surface area contributed by atoms with Crippen molar-refractivity contribution in [2.24, 2.45) is 0 Å². The van der Waals surface area contributed by atoms with Crippen LogP contribution in [0.25, 0.3) is 0 Å². The lowest BCUT2D eigenvalue weighted by Gasteiger charge is -2.31.